The molecule has 38 heavy (non-hydrogen) atoms. The standard InChI is InChI=1S/C28H35N5O4S/c1-6-16-38-28-31-27-29-18(5)24(26(34)30-20-12-10-11-13-21(20)35-7-2)25(33(27)32-28)19-14-15-22(36-8-3)23(17-19)37-9-4/h10-15,17,25H,6-9,16H2,1-5H3,(H,30,34)(H,29,31,32). The topological polar surface area (TPSA) is 99.5 Å². The number of para-hydroxylation sites is 2. The average Bonchev–Trinajstić information content (AvgIpc) is 3.31. The number of rotatable bonds is 12. The van der Waals surface area contributed by atoms with Crippen molar-refractivity contribution < 1.29 is 19.0 Å². The smallest absolute Gasteiger partial charge is 0.255 e. The van der Waals surface area contributed by atoms with Crippen molar-refractivity contribution in [2.75, 3.05) is 36.2 Å². The molecule has 10 heteroatoms. The molecule has 1 aliphatic rings. The van der Waals surface area contributed by atoms with Gasteiger partial charge in [-0.1, -0.05) is 36.9 Å². The van der Waals surface area contributed by atoms with Gasteiger partial charge in [-0.2, -0.15) is 4.98 Å². The Morgan fingerprint density at radius 2 is 1.71 bits per heavy atom. The van der Waals surface area contributed by atoms with Crippen LogP contribution in [0.2, 0.25) is 0 Å². The van der Waals surface area contributed by atoms with E-state index in [0.717, 1.165) is 17.7 Å². The number of ether oxygens (including phenoxy) is 3. The Balaban J connectivity index is 1.79. The maximum absolute atomic E-state index is 13.9. The summed E-state index contributed by atoms with van der Waals surface area (Å²) in [7, 11) is 0. The third-order valence-electron chi connectivity index (χ3n) is 5.83. The minimum Gasteiger partial charge on any atom is -0.492 e. The average molecular weight is 538 g/mol. The molecule has 0 aliphatic carbocycles. The fraction of sp³-hybridized carbons (Fsp3) is 0.393. The van der Waals surface area contributed by atoms with Gasteiger partial charge in [-0.25, -0.2) is 4.68 Å². The minimum atomic E-state index is -0.538. The highest BCUT2D eigenvalue weighted by Crippen LogP contribution is 2.40. The van der Waals surface area contributed by atoms with E-state index in [0.29, 0.717) is 65.1 Å². The zero-order valence-electron chi connectivity index (χ0n) is 22.5. The maximum Gasteiger partial charge on any atom is 0.255 e. The number of fused-ring (bicyclic) bond motifs is 1. The van der Waals surface area contributed by atoms with E-state index < -0.39 is 6.04 Å². The number of aromatic nitrogens is 3. The highest BCUT2D eigenvalue weighted by Gasteiger charge is 2.35. The van der Waals surface area contributed by atoms with Gasteiger partial charge in [0.05, 0.1) is 31.1 Å². The van der Waals surface area contributed by atoms with Crippen LogP contribution in [0.5, 0.6) is 17.2 Å². The molecule has 1 aromatic heterocycles. The van der Waals surface area contributed by atoms with E-state index in [1.54, 1.807) is 16.4 Å². The second kappa shape index (κ2) is 12.7. The van der Waals surface area contributed by atoms with Crippen molar-refractivity contribution in [3.05, 3.63) is 59.3 Å². The molecular weight excluding hydrogens is 502 g/mol. The van der Waals surface area contributed by atoms with Crippen LogP contribution in [0.3, 0.4) is 0 Å². The summed E-state index contributed by atoms with van der Waals surface area (Å²) in [6.07, 6.45) is 1.01. The summed E-state index contributed by atoms with van der Waals surface area (Å²) >= 11 is 1.59. The summed E-state index contributed by atoms with van der Waals surface area (Å²) < 4.78 is 19.2. The van der Waals surface area contributed by atoms with Gasteiger partial charge in [0.15, 0.2) is 11.5 Å². The van der Waals surface area contributed by atoms with Crippen LogP contribution in [0.1, 0.15) is 52.6 Å². The number of anilines is 2. The van der Waals surface area contributed by atoms with Crippen LogP contribution in [0, 0.1) is 0 Å². The van der Waals surface area contributed by atoms with Crippen molar-refractivity contribution in [3.63, 3.8) is 0 Å². The molecule has 2 N–H and O–H groups in total. The fourth-order valence-electron chi connectivity index (χ4n) is 4.27. The molecule has 3 aromatic rings. The van der Waals surface area contributed by atoms with Crippen LogP contribution in [-0.2, 0) is 4.79 Å². The SMILES string of the molecule is CCCSc1nc2n(n1)C(c1ccc(OCC)c(OCC)c1)C(C(=O)Nc1ccccc1OCC)=C(C)N2. The lowest BCUT2D eigenvalue weighted by Gasteiger charge is -2.29. The third-order valence-corrected chi connectivity index (χ3v) is 6.87. The van der Waals surface area contributed by atoms with Gasteiger partial charge in [-0.05, 0) is 63.9 Å². The van der Waals surface area contributed by atoms with Crippen LogP contribution in [0.15, 0.2) is 58.9 Å². The highest BCUT2D eigenvalue weighted by atomic mass is 32.2. The van der Waals surface area contributed by atoms with Gasteiger partial charge in [0, 0.05) is 11.4 Å². The Morgan fingerprint density at radius 1 is 1.00 bits per heavy atom. The van der Waals surface area contributed by atoms with Gasteiger partial charge in [0.25, 0.3) is 5.91 Å². The van der Waals surface area contributed by atoms with Crippen molar-refractivity contribution in [3.8, 4) is 17.2 Å². The summed E-state index contributed by atoms with van der Waals surface area (Å²) in [5.41, 5.74) is 2.65. The van der Waals surface area contributed by atoms with E-state index in [1.165, 1.54) is 0 Å². The van der Waals surface area contributed by atoms with Gasteiger partial charge in [0.2, 0.25) is 11.1 Å². The monoisotopic (exact) mass is 537 g/mol. The van der Waals surface area contributed by atoms with Crippen molar-refractivity contribution in [1.29, 1.82) is 0 Å². The largest absolute Gasteiger partial charge is 0.492 e. The lowest BCUT2D eigenvalue weighted by Crippen LogP contribution is -2.31. The molecule has 4 rings (SSSR count). The molecule has 1 atom stereocenters. The van der Waals surface area contributed by atoms with Gasteiger partial charge in [-0.3, -0.25) is 4.79 Å². The Bertz CT molecular complexity index is 1310. The third kappa shape index (κ3) is 5.91. The molecule has 0 saturated heterocycles. The van der Waals surface area contributed by atoms with Crippen LogP contribution in [0.4, 0.5) is 11.6 Å². The predicted octanol–water partition coefficient (Wildman–Crippen LogP) is 5.90. The van der Waals surface area contributed by atoms with E-state index in [2.05, 4.69) is 17.6 Å². The molecule has 0 saturated carbocycles. The summed E-state index contributed by atoms with van der Waals surface area (Å²) in [5.74, 6) is 3.11. The minimum absolute atomic E-state index is 0.261. The normalized spacial score (nSPS) is 14.5. The van der Waals surface area contributed by atoms with Crippen LogP contribution in [0.25, 0.3) is 0 Å². The first-order valence-electron chi connectivity index (χ1n) is 13.0. The van der Waals surface area contributed by atoms with Gasteiger partial charge < -0.3 is 24.8 Å². The Labute approximate surface area is 228 Å². The molecule has 1 unspecified atom stereocenters. The number of carbonyl (C=O) groups is 1. The summed E-state index contributed by atoms with van der Waals surface area (Å²) in [6.45, 7) is 11.3. The Hall–Kier alpha value is -3.66. The summed E-state index contributed by atoms with van der Waals surface area (Å²) in [4.78, 5) is 18.6. The van der Waals surface area contributed by atoms with E-state index >= 15 is 0 Å². The zero-order chi connectivity index (χ0) is 27.1. The molecule has 0 fully saturated rings. The second-order valence-corrected chi connectivity index (χ2v) is 9.59. The lowest BCUT2D eigenvalue weighted by molar-refractivity contribution is -0.113. The highest BCUT2D eigenvalue weighted by molar-refractivity contribution is 7.99. The molecule has 2 heterocycles. The molecular formula is C28H35N5O4S. The second-order valence-electron chi connectivity index (χ2n) is 8.53. The molecule has 1 aliphatic heterocycles. The van der Waals surface area contributed by atoms with Crippen molar-refractivity contribution in [1.82, 2.24) is 14.8 Å². The van der Waals surface area contributed by atoms with Crippen LogP contribution >= 0.6 is 11.8 Å². The van der Waals surface area contributed by atoms with E-state index in [4.69, 9.17) is 24.3 Å². The van der Waals surface area contributed by atoms with Crippen molar-refractivity contribution in [2.24, 2.45) is 0 Å². The van der Waals surface area contributed by atoms with Crippen molar-refractivity contribution >= 4 is 29.3 Å². The molecule has 0 bridgehead atoms. The first-order chi connectivity index (χ1) is 18.5. The molecule has 0 radical (unpaired) electrons. The zero-order valence-corrected chi connectivity index (χ0v) is 23.4. The number of nitrogens with zero attached hydrogens (tertiary/aromatic N) is 3. The van der Waals surface area contributed by atoms with Gasteiger partial charge >= 0.3 is 0 Å². The van der Waals surface area contributed by atoms with E-state index in [-0.39, 0.29) is 5.91 Å². The number of hydrogen-bond acceptors (Lipinski definition) is 8. The number of hydrogen-bond donors (Lipinski definition) is 2. The van der Waals surface area contributed by atoms with Crippen molar-refractivity contribution in [2.45, 2.75) is 52.2 Å². The molecule has 1 amide bonds. The number of allylic oxidation sites excluding steroid dienone is 1. The number of amides is 1. The van der Waals surface area contributed by atoms with Crippen LogP contribution < -0.4 is 24.8 Å². The van der Waals surface area contributed by atoms with Gasteiger partial charge in [-0.15, -0.1) is 5.10 Å². The summed E-state index contributed by atoms with van der Waals surface area (Å²) in [5, 5.41) is 11.8. The summed E-state index contributed by atoms with van der Waals surface area (Å²) in [6, 6.07) is 12.6. The Kier molecular flexibility index (Phi) is 9.17. The van der Waals surface area contributed by atoms with E-state index in [9.17, 15) is 4.79 Å². The molecule has 9 nitrogen and oxygen atoms in total. The molecule has 2 aromatic carbocycles. The Morgan fingerprint density at radius 3 is 2.45 bits per heavy atom. The lowest BCUT2D eigenvalue weighted by atomic mass is 9.94. The first-order valence-corrected chi connectivity index (χ1v) is 14.0. The number of benzene rings is 2. The molecule has 0 spiro atoms. The fourth-order valence-corrected chi connectivity index (χ4v) is 4.95. The maximum atomic E-state index is 13.9. The quantitative estimate of drug-likeness (QED) is 0.275. The predicted molar refractivity (Wildman–Crippen MR) is 151 cm³/mol. The number of thioether (sulfide) groups is 1. The van der Waals surface area contributed by atoms with E-state index in [1.807, 2.05) is 70.2 Å². The number of nitrogens with one attached hydrogen (secondary N) is 2. The van der Waals surface area contributed by atoms with Gasteiger partial charge in [0.1, 0.15) is 11.8 Å². The first kappa shape index (κ1) is 27.4. The van der Waals surface area contributed by atoms with Crippen LogP contribution in [-0.4, -0.2) is 46.2 Å². The number of carbonyl (C=O) groups excluding carboxylic acids is 1. The molecule has 202 valence electrons.